The fourth-order valence-corrected chi connectivity index (χ4v) is 3.64. The van der Waals surface area contributed by atoms with Crippen LogP contribution >= 0.6 is 15.9 Å². The summed E-state index contributed by atoms with van der Waals surface area (Å²) in [4.78, 5) is 2.27. The molecule has 0 saturated carbocycles. The van der Waals surface area contributed by atoms with Crippen LogP contribution in [0.1, 0.15) is 18.5 Å². The maximum absolute atomic E-state index is 11.3. The molecule has 0 radical (unpaired) electrons. The van der Waals surface area contributed by atoms with Crippen LogP contribution in [0, 0.1) is 0 Å². The molecule has 0 bridgehead atoms. The van der Waals surface area contributed by atoms with Gasteiger partial charge in [-0.2, -0.15) is 0 Å². The van der Waals surface area contributed by atoms with Gasteiger partial charge in [0.1, 0.15) is 0 Å². The van der Waals surface area contributed by atoms with Crippen LogP contribution in [-0.2, 0) is 10.8 Å². The Morgan fingerprint density at radius 1 is 1.41 bits per heavy atom. The predicted octanol–water partition coefficient (Wildman–Crippen LogP) is 2.04. The lowest BCUT2D eigenvalue weighted by Gasteiger charge is -2.29. The molecule has 1 aliphatic heterocycles. The van der Waals surface area contributed by atoms with Crippen molar-refractivity contribution in [3.63, 3.8) is 0 Å². The lowest BCUT2D eigenvalue weighted by atomic mass is 10.1. The zero-order valence-corrected chi connectivity index (χ0v) is 12.3. The van der Waals surface area contributed by atoms with Crippen LogP contribution in [0.3, 0.4) is 0 Å². The summed E-state index contributed by atoms with van der Waals surface area (Å²) in [6.45, 7) is 3.71. The minimum Gasteiger partial charge on any atom is -0.369 e. The van der Waals surface area contributed by atoms with Gasteiger partial charge in [-0.15, -0.1) is 0 Å². The zero-order valence-electron chi connectivity index (χ0n) is 9.86. The van der Waals surface area contributed by atoms with Crippen molar-refractivity contribution in [2.45, 2.75) is 13.0 Å². The van der Waals surface area contributed by atoms with Crippen molar-refractivity contribution in [1.82, 2.24) is 0 Å². The van der Waals surface area contributed by atoms with Crippen molar-refractivity contribution in [3.8, 4) is 0 Å². The molecule has 0 aliphatic carbocycles. The van der Waals surface area contributed by atoms with E-state index in [4.69, 9.17) is 5.73 Å². The second-order valence-corrected chi connectivity index (χ2v) is 6.89. The summed E-state index contributed by atoms with van der Waals surface area (Å²) in [5.74, 6) is 1.53. The van der Waals surface area contributed by atoms with Crippen molar-refractivity contribution in [1.29, 1.82) is 0 Å². The smallest absolute Gasteiger partial charge is 0.0511 e. The largest absolute Gasteiger partial charge is 0.369 e. The van der Waals surface area contributed by atoms with Crippen LogP contribution in [0.4, 0.5) is 5.69 Å². The van der Waals surface area contributed by atoms with Crippen LogP contribution in [-0.4, -0.2) is 28.8 Å². The standard InChI is InChI=1S/C12H17BrN2OS/c1-9(14)10-2-3-12(11(13)8-10)15-4-6-17(16)7-5-15/h2-3,8-9H,4-7,14H2,1H3/t9-/m0/s1. The average Bonchev–Trinajstić information content (AvgIpc) is 2.30. The Kier molecular flexibility index (Phi) is 4.22. The highest BCUT2D eigenvalue weighted by Gasteiger charge is 2.17. The average molecular weight is 317 g/mol. The summed E-state index contributed by atoms with van der Waals surface area (Å²) in [6.07, 6.45) is 0. The summed E-state index contributed by atoms with van der Waals surface area (Å²) >= 11 is 3.59. The van der Waals surface area contributed by atoms with Gasteiger partial charge in [0.05, 0.1) is 5.69 Å². The number of nitrogens with two attached hydrogens (primary N) is 1. The van der Waals surface area contributed by atoms with E-state index in [1.165, 1.54) is 5.69 Å². The molecule has 0 unspecified atom stereocenters. The van der Waals surface area contributed by atoms with Crippen molar-refractivity contribution < 1.29 is 4.21 Å². The molecule has 0 spiro atoms. The van der Waals surface area contributed by atoms with Gasteiger partial charge in [0.15, 0.2) is 0 Å². The molecule has 1 heterocycles. The highest BCUT2D eigenvalue weighted by molar-refractivity contribution is 9.10. The molecule has 1 aromatic rings. The third-order valence-corrected chi connectivity index (χ3v) is 4.93. The first-order valence-corrected chi connectivity index (χ1v) is 8.01. The molecule has 1 atom stereocenters. The molecular weight excluding hydrogens is 300 g/mol. The number of anilines is 1. The molecule has 0 amide bonds. The summed E-state index contributed by atoms with van der Waals surface area (Å²) in [6, 6.07) is 6.29. The van der Waals surface area contributed by atoms with Crippen LogP contribution in [0.2, 0.25) is 0 Å². The minimum atomic E-state index is -0.630. The normalized spacial score (nSPS) is 19.4. The van der Waals surface area contributed by atoms with Crippen LogP contribution < -0.4 is 10.6 Å². The summed E-state index contributed by atoms with van der Waals surface area (Å²) < 4.78 is 12.4. The third kappa shape index (κ3) is 3.09. The Labute approximate surface area is 113 Å². The first-order valence-electron chi connectivity index (χ1n) is 5.73. The van der Waals surface area contributed by atoms with E-state index in [0.29, 0.717) is 0 Å². The van der Waals surface area contributed by atoms with Gasteiger partial charge < -0.3 is 10.6 Å². The van der Waals surface area contributed by atoms with Gasteiger partial charge in [0.2, 0.25) is 0 Å². The van der Waals surface area contributed by atoms with Gasteiger partial charge in [0.25, 0.3) is 0 Å². The first kappa shape index (κ1) is 13.1. The molecule has 1 aliphatic rings. The van der Waals surface area contributed by atoms with Crippen LogP contribution in [0.5, 0.6) is 0 Å². The highest BCUT2D eigenvalue weighted by atomic mass is 79.9. The van der Waals surface area contributed by atoms with Gasteiger partial charge in [0, 0.05) is 45.9 Å². The van der Waals surface area contributed by atoms with E-state index in [2.05, 4.69) is 39.0 Å². The fourth-order valence-electron chi connectivity index (χ4n) is 1.94. The number of halogens is 1. The van der Waals surface area contributed by atoms with E-state index in [1.807, 2.05) is 6.92 Å². The molecule has 1 fully saturated rings. The molecule has 5 heteroatoms. The maximum Gasteiger partial charge on any atom is 0.0511 e. The Bertz CT molecular complexity index is 427. The first-order chi connectivity index (χ1) is 8.08. The zero-order chi connectivity index (χ0) is 12.4. The Balaban J connectivity index is 2.19. The van der Waals surface area contributed by atoms with Crippen LogP contribution in [0.25, 0.3) is 0 Å². The maximum atomic E-state index is 11.3. The van der Waals surface area contributed by atoms with Crippen molar-refractivity contribution in [2.24, 2.45) is 5.73 Å². The predicted molar refractivity (Wildman–Crippen MR) is 76.8 cm³/mol. The second kappa shape index (κ2) is 5.50. The van der Waals surface area contributed by atoms with Crippen molar-refractivity contribution >= 4 is 32.4 Å². The van der Waals surface area contributed by atoms with Gasteiger partial charge in [-0.25, -0.2) is 0 Å². The number of benzene rings is 1. The minimum absolute atomic E-state index is 0.0502. The monoisotopic (exact) mass is 316 g/mol. The van der Waals surface area contributed by atoms with E-state index >= 15 is 0 Å². The molecular formula is C12H17BrN2OS. The molecule has 94 valence electrons. The molecule has 1 aromatic carbocycles. The Hall–Kier alpha value is -0.390. The summed E-state index contributed by atoms with van der Waals surface area (Å²) in [5.41, 5.74) is 8.15. The number of rotatable bonds is 2. The van der Waals surface area contributed by atoms with E-state index < -0.39 is 10.8 Å². The summed E-state index contributed by atoms with van der Waals surface area (Å²) in [7, 11) is -0.630. The van der Waals surface area contributed by atoms with E-state index in [-0.39, 0.29) is 6.04 Å². The summed E-state index contributed by atoms with van der Waals surface area (Å²) in [5, 5.41) is 0. The Morgan fingerprint density at radius 2 is 2.06 bits per heavy atom. The Morgan fingerprint density at radius 3 is 2.59 bits per heavy atom. The van der Waals surface area contributed by atoms with Crippen LogP contribution in [0.15, 0.2) is 22.7 Å². The van der Waals surface area contributed by atoms with Crippen molar-refractivity contribution in [2.75, 3.05) is 29.5 Å². The van der Waals surface area contributed by atoms with Gasteiger partial charge in [-0.1, -0.05) is 6.07 Å². The number of nitrogens with zero attached hydrogens (tertiary/aromatic N) is 1. The molecule has 17 heavy (non-hydrogen) atoms. The number of hydrogen-bond donors (Lipinski definition) is 1. The molecule has 0 aromatic heterocycles. The number of hydrogen-bond acceptors (Lipinski definition) is 3. The second-order valence-electron chi connectivity index (χ2n) is 4.33. The lowest BCUT2D eigenvalue weighted by Crippen LogP contribution is -2.37. The molecule has 2 rings (SSSR count). The van der Waals surface area contributed by atoms with E-state index in [9.17, 15) is 4.21 Å². The highest BCUT2D eigenvalue weighted by Crippen LogP contribution is 2.29. The lowest BCUT2D eigenvalue weighted by molar-refractivity contribution is 0.673. The van der Waals surface area contributed by atoms with Gasteiger partial charge >= 0.3 is 0 Å². The third-order valence-electron chi connectivity index (χ3n) is 3.02. The SMILES string of the molecule is C[C@H](N)c1ccc(N2CCS(=O)CC2)c(Br)c1. The van der Waals surface area contributed by atoms with Crippen molar-refractivity contribution in [3.05, 3.63) is 28.2 Å². The van der Waals surface area contributed by atoms with E-state index in [1.54, 1.807) is 0 Å². The van der Waals surface area contributed by atoms with Gasteiger partial charge in [-0.05, 0) is 40.5 Å². The van der Waals surface area contributed by atoms with E-state index in [0.717, 1.165) is 34.6 Å². The molecule has 3 nitrogen and oxygen atoms in total. The molecule has 2 N–H and O–H groups in total. The fraction of sp³-hybridized carbons (Fsp3) is 0.500. The molecule has 1 saturated heterocycles. The van der Waals surface area contributed by atoms with Gasteiger partial charge in [-0.3, -0.25) is 4.21 Å². The topological polar surface area (TPSA) is 46.3 Å². The quantitative estimate of drug-likeness (QED) is 0.908.